The molecule has 0 unspecified atom stereocenters. The summed E-state index contributed by atoms with van der Waals surface area (Å²) in [5.74, 6) is 1.05. The van der Waals surface area contributed by atoms with E-state index in [2.05, 4.69) is 23.8 Å². The van der Waals surface area contributed by atoms with Crippen molar-refractivity contribution >= 4 is 0 Å². The predicted molar refractivity (Wildman–Crippen MR) is 69.7 cm³/mol. The van der Waals surface area contributed by atoms with Crippen LogP contribution in [0.5, 0.6) is 0 Å². The number of likely N-dealkylation sites (N-methyl/N-ethyl adjacent to an activating group) is 1. The van der Waals surface area contributed by atoms with E-state index in [1.807, 2.05) is 0 Å². The van der Waals surface area contributed by atoms with Gasteiger partial charge < -0.3 is 4.90 Å². The highest BCUT2D eigenvalue weighted by Crippen LogP contribution is 2.30. The second-order valence-corrected chi connectivity index (χ2v) is 5.80. The Kier molecular flexibility index (Phi) is 4.66. The van der Waals surface area contributed by atoms with E-state index in [-0.39, 0.29) is 0 Å². The fourth-order valence-electron chi connectivity index (χ4n) is 3.39. The predicted octanol–water partition coefficient (Wildman–Crippen LogP) is 2.59. The first kappa shape index (κ1) is 12.4. The van der Waals surface area contributed by atoms with Gasteiger partial charge in [0.2, 0.25) is 0 Å². The number of hydrogen-bond acceptors (Lipinski definition) is 2. The molecule has 0 amide bonds. The van der Waals surface area contributed by atoms with Gasteiger partial charge in [-0.05, 0) is 38.6 Å². The van der Waals surface area contributed by atoms with Gasteiger partial charge in [0, 0.05) is 32.2 Å². The van der Waals surface area contributed by atoms with Crippen LogP contribution >= 0.6 is 0 Å². The highest BCUT2D eigenvalue weighted by atomic mass is 15.3. The molecule has 0 aromatic rings. The van der Waals surface area contributed by atoms with Crippen LogP contribution in [-0.4, -0.2) is 49.1 Å². The van der Waals surface area contributed by atoms with Gasteiger partial charge in [0.1, 0.15) is 0 Å². The van der Waals surface area contributed by atoms with Crippen LogP contribution in [-0.2, 0) is 0 Å². The van der Waals surface area contributed by atoms with Crippen molar-refractivity contribution in [2.24, 2.45) is 5.92 Å². The number of piperazine rings is 1. The zero-order chi connectivity index (χ0) is 11.4. The SMILES string of the molecule is CCCC1CCC(N2CCN(C)CC2)CC1. The molecule has 0 N–H and O–H groups in total. The summed E-state index contributed by atoms with van der Waals surface area (Å²) in [5.41, 5.74) is 0. The standard InChI is InChI=1S/C14H28N2/c1-3-4-13-5-7-14(8-6-13)16-11-9-15(2)10-12-16/h13-14H,3-12H2,1-2H3. The minimum Gasteiger partial charge on any atom is -0.304 e. The van der Waals surface area contributed by atoms with E-state index < -0.39 is 0 Å². The summed E-state index contributed by atoms with van der Waals surface area (Å²) < 4.78 is 0. The molecule has 0 spiro atoms. The van der Waals surface area contributed by atoms with E-state index in [1.54, 1.807) is 0 Å². The van der Waals surface area contributed by atoms with Crippen molar-refractivity contribution in [1.29, 1.82) is 0 Å². The summed E-state index contributed by atoms with van der Waals surface area (Å²) in [6.07, 6.45) is 8.76. The van der Waals surface area contributed by atoms with Crippen molar-refractivity contribution in [2.75, 3.05) is 33.2 Å². The maximum absolute atomic E-state index is 2.75. The fourth-order valence-corrected chi connectivity index (χ4v) is 3.39. The summed E-state index contributed by atoms with van der Waals surface area (Å²) >= 11 is 0. The average Bonchev–Trinajstić information content (AvgIpc) is 2.32. The van der Waals surface area contributed by atoms with Crippen LogP contribution in [0.3, 0.4) is 0 Å². The lowest BCUT2D eigenvalue weighted by atomic mass is 9.83. The summed E-state index contributed by atoms with van der Waals surface area (Å²) in [4.78, 5) is 5.21. The molecule has 0 aromatic carbocycles. The van der Waals surface area contributed by atoms with Gasteiger partial charge in [0.05, 0.1) is 0 Å². The molecule has 1 heterocycles. The zero-order valence-corrected chi connectivity index (χ0v) is 11.1. The summed E-state index contributed by atoms with van der Waals surface area (Å²) in [6.45, 7) is 7.48. The van der Waals surface area contributed by atoms with Crippen LogP contribution in [0.15, 0.2) is 0 Å². The summed E-state index contributed by atoms with van der Waals surface area (Å²) in [7, 11) is 2.25. The normalized spacial score (nSPS) is 34.1. The van der Waals surface area contributed by atoms with Crippen molar-refractivity contribution in [1.82, 2.24) is 9.80 Å². The monoisotopic (exact) mass is 224 g/mol. The van der Waals surface area contributed by atoms with E-state index >= 15 is 0 Å². The molecule has 2 nitrogen and oxygen atoms in total. The molecular formula is C14H28N2. The Balaban J connectivity index is 1.72. The van der Waals surface area contributed by atoms with Gasteiger partial charge in [-0.2, -0.15) is 0 Å². The Bertz CT molecular complexity index is 189. The fraction of sp³-hybridized carbons (Fsp3) is 1.00. The Morgan fingerprint density at radius 1 is 0.938 bits per heavy atom. The molecule has 0 radical (unpaired) electrons. The Morgan fingerprint density at radius 3 is 2.12 bits per heavy atom. The van der Waals surface area contributed by atoms with E-state index in [0.717, 1.165) is 12.0 Å². The Labute approximate surface area is 101 Å². The van der Waals surface area contributed by atoms with Gasteiger partial charge in [-0.3, -0.25) is 4.90 Å². The van der Waals surface area contributed by atoms with Gasteiger partial charge in [-0.1, -0.05) is 19.8 Å². The first-order valence-corrected chi connectivity index (χ1v) is 7.22. The smallest absolute Gasteiger partial charge is 0.0113 e. The molecule has 2 rings (SSSR count). The molecule has 0 bridgehead atoms. The third kappa shape index (κ3) is 3.21. The van der Waals surface area contributed by atoms with E-state index in [4.69, 9.17) is 0 Å². The zero-order valence-electron chi connectivity index (χ0n) is 11.1. The molecule has 2 aliphatic rings. The molecule has 1 aliphatic carbocycles. The van der Waals surface area contributed by atoms with E-state index in [9.17, 15) is 0 Å². The molecule has 1 aliphatic heterocycles. The second-order valence-electron chi connectivity index (χ2n) is 5.80. The van der Waals surface area contributed by atoms with Crippen LogP contribution in [0.1, 0.15) is 45.4 Å². The Morgan fingerprint density at radius 2 is 1.56 bits per heavy atom. The van der Waals surface area contributed by atoms with Crippen molar-refractivity contribution in [3.8, 4) is 0 Å². The molecule has 1 saturated carbocycles. The van der Waals surface area contributed by atoms with Crippen LogP contribution in [0.25, 0.3) is 0 Å². The van der Waals surface area contributed by atoms with Crippen molar-refractivity contribution < 1.29 is 0 Å². The lowest BCUT2D eigenvalue weighted by Crippen LogP contribution is -2.49. The largest absolute Gasteiger partial charge is 0.304 e. The van der Waals surface area contributed by atoms with E-state index in [1.165, 1.54) is 64.7 Å². The summed E-state index contributed by atoms with van der Waals surface area (Å²) in [6, 6.07) is 0.918. The average molecular weight is 224 g/mol. The second kappa shape index (κ2) is 6.02. The van der Waals surface area contributed by atoms with Crippen molar-refractivity contribution in [3.63, 3.8) is 0 Å². The van der Waals surface area contributed by atoms with Crippen LogP contribution in [0.4, 0.5) is 0 Å². The number of hydrogen-bond donors (Lipinski definition) is 0. The lowest BCUT2D eigenvalue weighted by Gasteiger charge is -2.41. The lowest BCUT2D eigenvalue weighted by molar-refractivity contribution is 0.0802. The van der Waals surface area contributed by atoms with Crippen LogP contribution in [0, 0.1) is 5.92 Å². The van der Waals surface area contributed by atoms with Gasteiger partial charge in [-0.25, -0.2) is 0 Å². The Hall–Kier alpha value is -0.0800. The first-order chi connectivity index (χ1) is 7.79. The molecule has 16 heavy (non-hydrogen) atoms. The van der Waals surface area contributed by atoms with E-state index in [0.29, 0.717) is 0 Å². The first-order valence-electron chi connectivity index (χ1n) is 7.22. The van der Waals surface area contributed by atoms with Crippen molar-refractivity contribution in [3.05, 3.63) is 0 Å². The highest BCUT2D eigenvalue weighted by Gasteiger charge is 2.26. The topological polar surface area (TPSA) is 6.48 Å². The minimum atomic E-state index is 0.918. The third-order valence-electron chi connectivity index (χ3n) is 4.57. The van der Waals surface area contributed by atoms with Gasteiger partial charge >= 0.3 is 0 Å². The van der Waals surface area contributed by atoms with Crippen LogP contribution in [0.2, 0.25) is 0 Å². The molecule has 2 heteroatoms. The summed E-state index contributed by atoms with van der Waals surface area (Å²) in [5, 5.41) is 0. The number of rotatable bonds is 3. The quantitative estimate of drug-likeness (QED) is 0.727. The molecule has 0 aromatic heterocycles. The van der Waals surface area contributed by atoms with Gasteiger partial charge in [0.15, 0.2) is 0 Å². The molecule has 94 valence electrons. The maximum Gasteiger partial charge on any atom is 0.0113 e. The highest BCUT2D eigenvalue weighted by molar-refractivity contribution is 4.82. The number of nitrogens with zero attached hydrogens (tertiary/aromatic N) is 2. The van der Waals surface area contributed by atoms with Gasteiger partial charge in [0.25, 0.3) is 0 Å². The molecule has 0 atom stereocenters. The molecule has 1 saturated heterocycles. The third-order valence-corrected chi connectivity index (χ3v) is 4.57. The van der Waals surface area contributed by atoms with Crippen molar-refractivity contribution in [2.45, 2.75) is 51.5 Å². The molecular weight excluding hydrogens is 196 g/mol. The minimum absolute atomic E-state index is 0.918. The molecule has 2 fully saturated rings. The van der Waals surface area contributed by atoms with Gasteiger partial charge in [-0.15, -0.1) is 0 Å². The maximum atomic E-state index is 2.75. The van der Waals surface area contributed by atoms with Crippen LogP contribution < -0.4 is 0 Å².